The van der Waals surface area contributed by atoms with Gasteiger partial charge < -0.3 is 4.90 Å². The molecule has 3 nitrogen and oxygen atoms in total. The second-order valence-electron chi connectivity index (χ2n) is 5.01. The Balaban J connectivity index is 1.81. The standard InChI is InChI=1S/C18H15N3/c1-21(17-10-6-14(12-19)7-11-17)13-16-9-8-15-4-2-3-5-18(15)20-16/h2-11H,13H2,1H3. The van der Waals surface area contributed by atoms with Crippen LogP contribution < -0.4 is 4.90 Å². The van der Waals surface area contributed by atoms with Crippen molar-refractivity contribution in [2.75, 3.05) is 11.9 Å². The van der Waals surface area contributed by atoms with Crippen LogP contribution in [0, 0.1) is 11.3 Å². The van der Waals surface area contributed by atoms with Crippen molar-refractivity contribution in [1.82, 2.24) is 4.98 Å². The number of benzene rings is 2. The summed E-state index contributed by atoms with van der Waals surface area (Å²) in [7, 11) is 2.03. The molecule has 0 aliphatic rings. The molecule has 0 aliphatic heterocycles. The number of nitrogens with zero attached hydrogens (tertiary/aromatic N) is 3. The molecule has 0 aliphatic carbocycles. The fourth-order valence-electron chi connectivity index (χ4n) is 2.32. The first kappa shape index (κ1) is 13.1. The zero-order valence-corrected chi connectivity index (χ0v) is 11.8. The summed E-state index contributed by atoms with van der Waals surface area (Å²) in [6, 6.07) is 22.0. The Kier molecular flexibility index (Phi) is 3.53. The van der Waals surface area contributed by atoms with Gasteiger partial charge in [0.05, 0.1) is 29.4 Å². The van der Waals surface area contributed by atoms with E-state index in [9.17, 15) is 0 Å². The molecule has 0 spiro atoms. The van der Waals surface area contributed by atoms with Crippen LogP contribution in [0.4, 0.5) is 5.69 Å². The lowest BCUT2D eigenvalue weighted by Crippen LogP contribution is -2.17. The predicted molar refractivity (Wildman–Crippen MR) is 85.0 cm³/mol. The summed E-state index contributed by atoms with van der Waals surface area (Å²) >= 11 is 0. The number of rotatable bonds is 3. The third-order valence-corrected chi connectivity index (χ3v) is 3.49. The van der Waals surface area contributed by atoms with E-state index >= 15 is 0 Å². The average Bonchev–Trinajstić information content (AvgIpc) is 2.55. The molecule has 3 rings (SSSR count). The van der Waals surface area contributed by atoms with Crippen LogP contribution in [-0.2, 0) is 6.54 Å². The Morgan fingerprint density at radius 3 is 2.52 bits per heavy atom. The number of anilines is 1. The topological polar surface area (TPSA) is 39.9 Å². The summed E-state index contributed by atoms with van der Waals surface area (Å²) in [5.74, 6) is 0. The monoisotopic (exact) mass is 273 g/mol. The molecule has 1 aromatic heterocycles. The number of hydrogen-bond donors (Lipinski definition) is 0. The first-order valence-corrected chi connectivity index (χ1v) is 6.82. The van der Waals surface area contributed by atoms with Crippen LogP contribution in [-0.4, -0.2) is 12.0 Å². The average molecular weight is 273 g/mol. The van der Waals surface area contributed by atoms with Gasteiger partial charge in [-0.25, -0.2) is 0 Å². The second kappa shape index (κ2) is 5.64. The molecular weight excluding hydrogens is 258 g/mol. The molecule has 21 heavy (non-hydrogen) atoms. The first-order chi connectivity index (χ1) is 10.3. The van der Waals surface area contributed by atoms with E-state index in [2.05, 4.69) is 34.2 Å². The highest BCUT2D eigenvalue weighted by molar-refractivity contribution is 5.78. The van der Waals surface area contributed by atoms with Crippen LogP contribution in [0.2, 0.25) is 0 Å². The minimum Gasteiger partial charge on any atom is -0.369 e. The summed E-state index contributed by atoms with van der Waals surface area (Å²) in [6.07, 6.45) is 0. The van der Waals surface area contributed by atoms with Gasteiger partial charge in [0.2, 0.25) is 0 Å². The number of pyridine rings is 1. The third kappa shape index (κ3) is 2.85. The molecule has 0 saturated heterocycles. The van der Waals surface area contributed by atoms with Crippen molar-refractivity contribution < 1.29 is 0 Å². The molecule has 3 heteroatoms. The molecule has 1 heterocycles. The van der Waals surface area contributed by atoms with Gasteiger partial charge in [-0.3, -0.25) is 4.98 Å². The predicted octanol–water partition coefficient (Wildman–Crippen LogP) is 3.74. The molecule has 0 bridgehead atoms. The maximum atomic E-state index is 8.83. The Morgan fingerprint density at radius 1 is 1.00 bits per heavy atom. The van der Waals surface area contributed by atoms with E-state index in [0.29, 0.717) is 5.56 Å². The van der Waals surface area contributed by atoms with Gasteiger partial charge in [0.1, 0.15) is 0 Å². The summed E-state index contributed by atoms with van der Waals surface area (Å²) < 4.78 is 0. The molecule has 102 valence electrons. The van der Waals surface area contributed by atoms with Gasteiger partial charge in [0, 0.05) is 18.1 Å². The fourth-order valence-corrected chi connectivity index (χ4v) is 2.32. The van der Waals surface area contributed by atoms with E-state index in [-0.39, 0.29) is 0 Å². The molecule has 0 amide bonds. The molecule has 2 aromatic carbocycles. The van der Waals surface area contributed by atoms with Crippen LogP contribution in [0.15, 0.2) is 60.7 Å². The molecular formula is C18H15N3. The van der Waals surface area contributed by atoms with E-state index in [4.69, 9.17) is 5.26 Å². The van der Waals surface area contributed by atoms with Crippen molar-refractivity contribution in [1.29, 1.82) is 5.26 Å². The van der Waals surface area contributed by atoms with Crippen molar-refractivity contribution in [3.63, 3.8) is 0 Å². The third-order valence-electron chi connectivity index (χ3n) is 3.49. The smallest absolute Gasteiger partial charge is 0.0991 e. The molecule has 0 atom stereocenters. The van der Waals surface area contributed by atoms with Crippen LogP contribution in [0.1, 0.15) is 11.3 Å². The van der Waals surface area contributed by atoms with Crippen molar-refractivity contribution in [2.45, 2.75) is 6.54 Å². The van der Waals surface area contributed by atoms with Crippen LogP contribution in [0.5, 0.6) is 0 Å². The van der Waals surface area contributed by atoms with Crippen molar-refractivity contribution in [3.8, 4) is 6.07 Å². The lowest BCUT2D eigenvalue weighted by molar-refractivity contribution is 0.892. The van der Waals surface area contributed by atoms with Crippen molar-refractivity contribution in [2.24, 2.45) is 0 Å². The summed E-state index contributed by atoms with van der Waals surface area (Å²) in [6.45, 7) is 0.733. The van der Waals surface area contributed by atoms with Crippen molar-refractivity contribution >= 4 is 16.6 Å². The number of para-hydroxylation sites is 1. The molecule has 0 unspecified atom stereocenters. The fraction of sp³-hybridized carbons (Fsp3) is 0.111. The lowest BCUT2D eigenvalue weighted by atomic mass is 10.2. The minimum atomic E-state index is 0.677. The molecule has 3 aromatic rings. The Morgan fingerprint density at radius 2 is 1.76 bits per heavy atom. The van der Waals surface area contributed by atoms with Gasteiger partial charge in [-0.05, 0) is 36.4 Å². The number of hydrogen-bond acceptors (Lipinski definition) is 3. The number of fused-ring (bicyclic) bond motifs is 1. The highest BCUT2D eigenvalue weighted by Gasteiger charge is 2.04. The normalized spacial score (nSPS) is 10.3. The Labute approximate surface area is 124 Å². The van der Waals surface area contributed by atoms with Gasteiger partial charge >= 0.3 is 0 Å². The number of aromatic nitrogens is 1. The maximum Gasteiger partial charge on any atom is 0.0991 e. The first-order valence-electron chi connectivity index (χ1n) is 6.82. The van der Waals surface area contributed by atoms with Crippen LogP contribution in [0.25, 0.3) is 10.9 Å². The van der Waals surface area contributed by atoms with Gasteiger partial charge in [-0.15, -0.1) is 0 Å². The quantitative estimate of drug-likeness (QED) is 0.729. The summed E-state index contributed by atoms with van der Waals surface area (Å²) in [4.78, 5) is 6.80. The van der Waals surface area contributed by atoms with Gasteiger partial charge in [0.25, 0.3) is 0 Å². The van der Waals surface area contributed by atoms with E-state index in [1.165, 1.54) is 0 Å². The van der Waals surface area contributed by atoms with Gasteiger partial charge in [0.15, 0.2) is 0 Å². The Hall–Kier alpha value is -2.86. The summed E-state index contributed by atoms with van der Waals surface area (Å²) in [5, 5.41) is 9.98. The van der Waals surface area contributed by atoms with Crippen molar-refractivity contribution in [3.05, 3.63) is 71.9 Å². The molecule has 0 saturated carbocycles. The zero-order chi connectivity index (χ0) is 14.7. The molecule has 0 N–H and O–H groups in total. The van der Waals surface area contributed by atoms with E-state index in [0.717, 1.165) is 28.8 Å². The SMILES string of the molecule is CN(Cc1ccc2ccccc2n1)c1ccc(C#N)cc1. The van der Waals surface area contributed by atoms with Gasteiger partial charge in [-0.1, -0.05) is 24.3 Å². The molecule has 0 radical (unpaired) electrons. The zero-order valence-electron chi connectivity index (χ0n) is 11.8. The lowest BCUT2D eigenvalue weighted by Gasteiger charge is -2.19. The van der Waals surface area contributed by atoms with Crippen LogP contribution in [0.3, 0.4) is 0 Å². The highest BCUT2D eigenvalue weighted by Crippen LogP contribution is 2.17. The minimum absolute atomic E-state index is 0.677. The number of nitriles is 1. The van der Waals surface area contributed by atoms with E-state index < -0.39 is 0 Å². The largest absolute Gasteiger partial charge is 0.369 e. The van der Waals surface area contributed by atoms with Crippen LogP contribution >= 0.6 is 0 Å². The van der Waals surface area contributed by atoms with E-state index in [1.807, 2.05) is 49.5 Å². The highest BCUT2D eigenvalue weighted by atomic mass is 15.1. The second-order valence-corrected chi connectivity index (χ2v) is 5.01. The summed E-state index contributed by atoms with van der Waals surface area (Å²) in [5.41, 5.74) is 3.80. The van der Waals surface area contributed by atoms with E-state index in [1.54, 1.807) is 0 Å². The maximum absolute atomic E-state index is 8.83. The molecule has 0 fully saturated rings. The van der Waals surface area contributed by atoms with Gasteiger partial charge in [-0.2, -0.15) is 5.26 Å². The Bertz CT molecular complexity index is 801.